The highest BCUT2D eigenvalue weighted by atomic mass is 16.7. The number of nitrogens with zero attached hydrogens (tertiary/aromatic N) is 1. The lowest BCUT2D eigenvalue weighted by molar-refractivity contribution is -0.116. The third-order valence-corrected chi connectivity index (χ3v) is 3.77. The van der Waals surface area contributed by atoms with E-state index in [1.807, 2.05) is 6.07 Å². The van der Waals surface area contributed by atoms with Crippen molar-refractivity contribution in [3.8, 4) is 11.5 Å². The monoisotopic (exact) mass is 300 g/mol. The summed E-state index contributed by atoms with van der Waals surface area (Å²) in [6.45, 7) is 0.166. The molecule has 0 saturated carbocycles. The maximum Gasteiger partial charge on any atom is 0.258 e. The van der Waals surface area contributed by atoms with Gasteiger partial charge in [-0.05, 0) is 17.7 Å². The number of amides is 1. The van der Waals surface area contributed by atoms with Gasteiger partial charge in [-0.3, -0.25) is 14.6 Å². The Balaban J connectivity index is 1.87. The average molecular weight is 300 g/mol. The van der Waals surface area contributed by atoms with E-state index in [-0.39, 0.29) is 36.4 Å². The van der Waals surface area contributed by atoms with Crippen LogP contribution in [0.3, 0.4) is 0 Å². The first-order valence-electron chi connectivity index (χ1n) is 6.71. The molecule has 0 spiro atoms. The first-order chi connectivity index (χ1) is 10.6. The van der Waals surface area contributed by atoms with E-state index in [1.54, 1.807) is 12.1 Å². The number of anilines is 2. The van der Waals surface area contributed by atoms with Gasteiger partial charge in [-0.25, -0.2) is 0 Å². The van der Waals surface area contributed by atoms with Crippen molar-refractivity contribution < 1.29 is 14.3 Å². The molecule has 8 heteroatoms. The number of carbonyl (C=O) groups is 1. The maximum atomic E-state index is 12.2. The van der Waals surface area contributed by atoms with Gasteiger partial charge in [0, 0.05) is 12.3 Å². The van der Waals surface area contributed by atoms with Gasteiger partial charge in [-0.2, -0.15) is 4.98 Å². The first-order valence-corrected chi connectivity index (χ1v) is 6.71. The minimum absolute atomic E-state index is 0.0320. The largest absolute Gasteiger partial charge is 0.454 e. The van der Waals surface area contributed by atoms with E-state index in [1.165, 1.54) is 0 Å². The molecule has 112 valence electrons. The van der Waals surface area contributed by atoms with Gasteiger partial charge in [-0.15, -0.1) is 0 Å². The van der Waals surface area contributed by atoms with Gasteiger partial charge >= 0.3 is 0 Å². The first kappa shape index (κ1) is 12.7. The van der Waals surface area contributed by atoms with Crippen molar-refractivity contribution in [3.05, 3.63) is 39.7 Å². The van der Waals surface area contributed by atoms with Gasteiger partial charge in [-0.1, -0.05) is 6.07 Å². The Bertz CT molecular complexity index is 845. The van der Waals surface area contributed by atoms with Crippen molar-refractivity contribution in [2.45, 2.75) is 12.3 Å². The molecule has 8 nitrogen and oxygen atoms in total. The lowest BCUT2D eigenvalue weighted by Crippen LogP contribution is -2.31. The summed E-state index contributed by atoms with van der Waals surface area (Å²) in [7, 11) is 0. The fourth-order valence-electron chi connectivity index (χ4n) is 2.80. The third kappa shape index (κ3) is 1.88. The van der Waals surface area contributed by atoms with Crippen LogP contribution in [0.15, 0.2) is 23.0 Å². The van der Waals surface area contributed by atoms with Crippen LogP contribution >= 0.6 is 0 Å². The van der Waals surface area contributed by atoms with Gasteiger partial charge < -0.3 is 20.5 Å². The number of aromatic nitrogens is 2. The van der Waals surface area contributed by atoms with Gasteiger partial charge in [0.15, 0.2) is 11.5 Å². The van der Waals surface area contributed by atoms with Gasteiger partial charge in [0.2, 0.25) is 18.6 Å². The van der Waals surface area contributed by atoms with Crippen LogP contribution in [-0.4, -0.2) is 22.7 Å². The molecule has 2 aliphatic heterocycles. The molecule has 0 fully saturated rings. The van der Waals surface area contributed by atoms with Crippen LogP contribution < -0.4 is 26.1 Å². The number of rotatable bonds is 1. The normalized spacial score (nSPS) is 18.7. The quantitative estimate of drug-likeness (QED) is 0.707. The zero-order valence-corrected chi connectivity index (χ0v) is 11.4. The minimum atomic E-state index is -0.407. The number of aromatic amines is 1. The molecule has 0 unspecified atom stereocenters. The number of nitrogens with two attached hydrogens (primary N) is 1. The highest BCUT2D eigenvalue weighted by Crippen LogP contribution is 2.39. The average Bonchev–Trinajstić information content (AvgIpc) is 2.92. The number of carbonyl (C=O) groups excluding carboxylic acids is 1. The van der Waals surface area contributed by atoms with Crippen LogP contribution in [0, 0.1) is 0 Å². The molecule has 0 saturated heterocycles. The Kier molecular flexibility index (Phi) is 2.59. The van der Waals surface area contributed by atoms with Crippen LogP contribution in [0.4, 0.5) is 11.8 Å². The predicted molar refractivity (Wildman–Crippen MR) is 76.9 cm³/mol. The second-order valence-corrected chi connectivity index (χ2v) is 5.13. The standard InChI is InChI=1S/C14H12N4O4/c15-14-17-12-11(13(20)18-14)7(4-10(19)16-12)6-1-2-8-9(3-6)22-5-21-8/h1-3,7H,4-5H2,(H4,15,16,17,18,19,20)/t7-/m1/s1. The van der Waals surface area contributed by atoms with E-state index in [4.69, 9.17) is 15.2 Å². The van der Waals surface area contributed by atoms with E-state index in [2.05, 4.69) is 15.3 Å². The zero-order chi connectivity index (χ0) is 15.3. The number of fused-ring (bicyclic) bond motifs is 2. The van der Waals surface area contributed by atoms with Crippen molar-refractivity contribution in [1.29, 1.82) is 0 Å². The molecule has 0 aliphatic carbocycles. The third-order valence-electron chi connectivity index (χ3n) is 3.77. The highest BCUT2D eigenvalue weighted by molar-refractivity contribution is 5.94. The van der Waals surface area contributed by atoms with Crippen molar-refractivity contribution in [1.82, 2.24) is 9.97 Å². The summed E-state index contributed by atoms with van der Waals surface area (Å²) in [5.41, 5.74) is 6.36. The van der Waals surface area contributed by atoms with Crippen LogP contribution in [0.5, 0.6) is 11.5 Å². The van der Waals surface area contributed by atoms with E-state index in [0.717, 1.165) is 5.56 Å². The summed E-state index contributed by atoms with van der Waals surface area (Å²) in [6, 6.07) is 5.37. The Morgan fingerprint density at radius 1 is 1.23 bits per heavy atom. The number of H-pyrrole nitrogens is 1. The van der Waals surface area contributed by atoms with E-state index < -0.39 is 5.92 Å². The summed E-state index contributed by atoms with van der Waals surface area (Å²) in [6.07, 6.45) is 0.154. The molecule has 4 N–H and O–H groups in total. The molecule has 1 amide bonds. The van der Waals surface area contributed by atoms with Crippen LogP contribution in [0.1, 0.15) is 23.5 Å². The summed E-state index contributed by atoms with van der Waals surface area (Å²) in [4.78, 5) is 30.6. The fraction of sp³-hybridized carbons (Fsp3) is 0.214. The van der Waals surface area contributed by atoms with E-state index >= 15 is 0 Å². The fourth-order valence-corrected chi connectivity index (χ4v) is 2.80. The Morgan fingerprint density at radius 2 is 2.05 bits per heavy atom. The summed E-state index contributed by atoms with van der Waals surface area (Å²) < 4.78 is 10.6. The second-order valence-electron chi connectivity index (χ2n) is 5.13. The molecule has 4 rings (SSSR count). The van der Waals surface area contributed by atoms with Crippen molar-refractivity contribution in [2.75, 3.05) is 17.8 Å². The summed E-state index contributed by atoms with van der Waals surface area (Å²) >= 11 is 0. The molecule has 1 aromatic heterocycles. The summed E-state index contributed by atoms with van der Waals surface area (Å²) in [5.74, 6) is 0.803. The smallest absolute Gasteiger partial charge is 0.258 e. The van der Waals surface area contributed by atoms with E-state index in [0.29, 0.717) is 17.1 Å². The highest BCUT2D eigenvalue weighted by Gasteiger charge is 2.31. The van der Waals surface area contributed by atoms with Gasteiger partial charge in [0.05, 0.1) is 5.56 Å². The molecule has 2 aromatic rings. The predicted octanol–water partition coefficient (Wildman–Crippen LogP) is 0.555. The molecule has 3 heterocycles. The lowest BCUT2D eigenvalue weighted by atomic mass is 9.86. The van der Waals surface area contributed by atoms with E-state index in [9.17, 15) is 9.59 Å². The second kappa shape index (κ2) is 4.48. The number of ether oxygens (including phenoxy) is 2. The Hall–Kier alpha value is -3.03. The van der Waals surface area contributed by atoms with Gasteiger partial charge in [0.25, 0.3) is 5.56 Å². The molecule has 0 bridgehead atoms. The molecule has 1 atom stereocenters. The number of hydrogen-bond acceptors (Lipinski definition) is 6. The number of nitrogens with one attached hydrogen (secondary N) is 2. The number of benzene rings is 1. The molecule has 0 radical (unpaired) electrons. The Morgan fingerprint density at radius 3 is 2.91 bits per heavy atom. The molecule has 22 heavy (non-hydrogen) atoms. The van der Waals surface area contributed by atoms with Crippen LogP contribution in [0.25, 0.3) is 0 Å². The van der Waals surface area contributed by atoms with Crippen molar-refractivity contribution in [2.24, 2.45) is 0 Å². The molecular formula is C14H12N4O4. The van der Waals surface area contributed by atoms with Crippen LogP contribution in [-0.2, 0) is 4.79 Å². The van der Waals surface area contributed by atoms with Gasteiger partial charge in [0.1, 0.15) is 5.82 Å². The van der Waals surface area contributed by atoms with Crippen molar-refractivity contribution in [3.63, 3.8) is 0 Å². The zero-order valence-electron chi connectivity index (χ0n) is 11.4. The molecule has 2 aliphatic rings. The topological polar surface area (TPSA) is 119 Å². The molecular weight excluding hydrogens is 288 g/mol. The SMILES string of the molecule is Nc1nc2c(c(=O)[nH]1)[C@@H](c1ccc3c(c1)OCO3)CC(=O)N2. The lowest BCUT2D eigenvalue weighted by Gasteiger charge is -2.24. The minimum Gasteiger partial charge on any atom is -0.454 e. The number of nitrogen functional groups attached to an aromatic ring is 1. The Labute approximate surface area is 124 Å². The maximum absolute atomic E-state index is 12.2. The summed E-state index contributed by atoms with van der Waals surface area (Å²) in [5, 5.41) is 2.59. The van der Waals surface area contributed by atoms with Crippen LogP contribution in [0.2, 0.25) is 0 Å². The number of hydrogen-bond donors (Lipinski definition) is 3. The van der Waals surface area contributed by atoms with Crippen molar-refractivity contribution >= 4 is 17.7 Å². The molecule has 1 aromatic carbocycles.